The number of ketones is 2. The second kappa shape index (κ2) is 11.9. The van der Waals surface area contributed by atoms with E-state index in [9.17, 15) is 45.3 Å². The van der Waals surface area contributed by atoms with Crippen molar-refractivity contribution < 1.29 is 54.8 Å². The number of aliphatic hydroxyl groups is 7. The molecule has 0 aromatic rings. The summed E-state index contributed by atoms with van der Waals surface area (Å²) in [7, 11) is 0. The van der Waals surface area contributed by atoms with Crippen LogP contribution in [0.25, 0.3) is 0 Å². The van der Waals surface area contributed by atoms with Crippen LogP contribution in [-0.4, -0.2) is 102 Å². The van der Waals surface area contributed by atoms with E-state index >= 15 is 0 Å². The van der Waals surface area contributed by atoms with Crippen LogP contribution in [0, 0.1) is 34.0 Å². The summed E-state index contributed by atoms with van der Waals surface area (Å²) in [5.41, 5.74) is -1.83. The molecule has 4 aliphatic carbocycles. The average Bonchev–Trinajstić information content (AvgIpc) is 3.18. The van der Waals surface area contributed by atoms with Crippen molar-refractivity contribution in [1.29, 1.82) is 0 Å². The largest absolute Gasteiger partial charge is 0.458 e. The number of aliphatic hydroxyl groups excluding tert-OH is 6. The van der Waals surface area contributed by atoms with E-state index in [1.54, 1.807) is 13.8 Å². The summed E-state index contributed by atoms with van der Waals surface area (Å²) >= 11 is 0. The number of rotatable bonds is 7. The molecule has 46 heavy (non-hydrogen) atoms. The molecule has 258 valence electrons. The quantitative estimate of drug-likeness (QED) is 0.198. The van der Waals surface area contributed by atoms with Crippen LogP contribution in [0.3, 0.4) is 0 Å². The Kier molecular flexibility index (Phi) is 9.12. The third kappa shape index (κ3) is 5.00. The lowest BCUT2D eigenvalue weighted by Gasteiger charge is -2.63. The van der Waals surface area contributed by atoms with Crippen molar-refractivity contribution in [3.63, 3.8) is 0 Å². The third-order valence-corrected chi connectivity index (χ3v) is 12.9. The van der Waals surface area contributed by atoms with Crippen LogP contribution in [0.5, 0.6) is 0 Å². The van der Waals surface area contributed by atoms with Crippen molar-refractivity contribution in [3.05, 3.63) is 34.6 Å². The normalized spacial score (nSPS) is 46.0. The van der Waals surface area contributed by atoms with Gasteiger partial charge in [-0.05, 0) is 74.9 Å². The van der Waals surface area contributed by atoms with Gasteiger partial charge in [-0.3, -0.25) is 9.59 Å². The molecule has 0 aromatic heterocycles. The Morgan fingerprint density at radius 2 is 1.76 bits per heavy atom. The molecule has 1 heterocycles. The number of carbonyl (C=O) groups is 2. The highest BCUT2D eigenvalue weighted by atomic mass is 16.7. The number of allylic oxidation sites excluding steroid dienone is 5. The van der Waals surface area contributed by atoms with E-state index in [1.807, 2.05) is 39.8 Å². The van der Waals surface area contributed by atoms with E-state index in [-0.39, 0.29) is 36.7 Å². The van der Waals surface area contributed by atoms with Gasteiger partial charge in [0.1, 0.15) is 30.2 Å². The first-order valence-electron chi connectivity index (χ1n) is 16.4. The lowest BCUT2D eigenvalue weighted by Crippen LogP contribution is -2.64. The first-order chi connectivity index (χ1) is 21.3. The molecule has 2 saturated carbocycles. The van der Waals surface area contributed by atoms with Gasteiger partial charge in [0.25, 0.3) is 0 Å². The van der Waals surface area contributed by atoms with E-state index in [2.05, 4.69) is 6.92 Å². The molecule has 7 N–H and O–H groups in total. The second-order valence-electron chi connectivity index (χ2n) is 15.6. The van der Waals surface area contributed by atoms with E-state index in [0.717, 1.165) is 11.1 Å². The maximum absolute atomic E-state index is 14.5. The number of carbonyl (C=O) groups excluding carboxylic acids is 2. The summed E-state index contributed by atoms with van der Waals surface area (Å²) in [6.07, 6.45) is -4.81. The Balaban J connectivity index is 1.49. The maximum Gasteiger partial charge on any atom is 0.229 e. The highest BCUT2D eigenvalue weighted by Gasteiger charge is 2.74. The Hall–Kier alpha value is -1.96. The molecule has 0 radical (unpaired) electrons. The van der Waals surface area contributed by atoms with E-state index in [4.69, 9.17) is 9.47 Å². The minimum Gasteiger partial charge on any atom is -0.458 e. The summed E-state index contributed by atoms with van der Waals surface area (Å²) < 4.78 is 11.3. The van der Waals surface area contributed by atoms with Crippen LogP contribution < -0.4 is 0 Å². The molecule has 5 aliphatic rings. The molecule has 14 unspecified atom stereocenters. The average molecular weight is 649 g/mol. The molecule has 5 rings (SSSR count). The van der Waals surface area contributed by atoms with Gasteiger partial charge < -0.3 is 45.2 Å². The summed E-state index contributed by atoms with van der Waals surface area (Å²) in [4.78, 5) is 28.2. The number of hydrogen-bond acceptors (Lipinski definition) is 11. The first-order valence-corrected chi connectivity index (χ1v) is 16.4. The summed E-state index contributed by atoms with van der Waals surface area (Å²) in [5.74, 6) is -2.03. The Morgan fingerprint density at radius 1 is 1.11 bits per heavy atom. The second-order valence-corrected chi connectivity index (χ2v) is 15.6. The van der Waals surface area contributed by atoms with E-state index in [1.165, 1.54) is 0 Å². The van der Waals surface area contributed by atoms with Crippen molar-refractivity contribution in [2.75, 3.05) is 6.61 Å². The van der Waals surface area contributed by atoms with Gasteiger partial charge in [-0.15, -0.1) is 0 Å². The number of ether oxygens (including phenoxy) is 2. The molecule has 11 heteroatoms. The molecule has 3 fully saturated rings. The molecule has 0 amide bonds. The van der Waals surface area contributed by atoms with Gasteiger partial charge in [0.05, 0.1) is 24.4 Å². The first kappa shape index (κ1) is 35.3. The monoisotopic (exact) mass is 648 g/mol. The molecule has 14 atom stereocenters. The summed E-state index contributed by atoms with van der Waals surface area (Å²) in [6, 6.07) is 0. The SMILES string of the molecule is CC(C)=CCC(O)C(C)(O)C1C(O)CC2(C)C3CC=C4C(C)=C(OC5OC(CO)C(O)C(O)C5O)C(=O)CC4C3(C)C(=O)CC12C. The standard InChI is InChI=1S/C35H52O11/c1-16(2)8-11-24(39)35(7,44)30-21(38)13-32(4)23-10-9-18-17(3)29(46-31-28(43)27(42)26(41)22(15-36)45-31)20(37)12-19(18)34(23,6)25(40)14-33(30,32)5/h8-9,19,21-24,26-28,30-31,36,38-39,41-44H,10-15H2,1-7H3. The predicted octanol–water partition coefficient (Wildman–Crippen LogP) is 1.45. The molecular formula is C35H52O11. The van der Waals surface area contributed by atoms with Crippen molar-refractivity contribution in [1.82, 2.24) is 0 Å². The Bertz CT molecular complexity index is 1340. The fraction of sp³-hybridized carbons (Fsp3) is 0.771. The Labute approximate surface area is 270 Å². The molecule has 11 nitrogen and oxygen atoms in total. The predicted molar refractivity (Wildman–Crippen MR) is 166 cm³/mol. The van der Waals surface area contributed by atoms with E-state index in [0.29, 0.717) is 18.4 Å². The number of hydrogen-bond donors (Lipinski definition) is 7. The van der Waals surface area contributed by atoms with Crippen LogP contribution in [-0.2, 0) is 19.1 Å². The fourth-order valence-corrected chi connectivity index (χ4v) is 10.1. The molecule has 1 saturated heterocycles. The van der Waals surface area contributed by atoms with E-state index < -0.39 is 89.0 Å². The van der Waals surface area contributed by atoms with Crippen molar-refractivity contribution >= 4 is 11.6 Å². The third-order valence-electron chi connectivity index (χ3n) is 12.9. The van der Waals surface area contributed by atoms with Crippen molar-refractivity contribution in [2.24, 2.45) is 34.0 Å². The van der Waals surface area contributed by atoms with Gasteiger partial charge in [0.15, 0.2) is 11.5 Å². The smallest absolute Gasteiger partial charge is 0.229 e. The molecule has 1 aliphatic heterocycles. The molecular weight excluding hydrogens is 596 g/mol. The van der Waals surface area contributed by atoms with Crippen LogP contribution in [0.1, 0.15) is 80.6 Å². The minimum absolute atomic E-state index is 0.0490. The van der Waals surface area contributed by atoms with Gasteiger partial charge >= 0.3 is 0 Å². The molecule has 0 aromatic carbocycles. The lowest BCUT2D eigenvalue weighted by atomic mass is 9.39. The van der Waals surface area contributed by atoms with Crippen LogP contribution in [0.15, 0.2) is 34.6 Å². The Morgan fingerprint density at radius 3 is 2.37 bits per heavy atom. The topological polar surface area (TPSA) is 194 Å². The number of Topliss-reactive ketones (excluding diaryl/α,β-unsaturated/α-hetero) is 2. The van der Waals surface area contributed by atoms with Gasteiger partial charge in [-0.1, -0.05) is 38.5 Å². The van der Waals surface area contributed by atoms with Gasteiger partial charge in [-0.2, -0.15) is 0 Å². The van der Waals surface area contributed by atoms with Crippen molar-refractivity contribution in [2.45, 2.75) is 129 Å². The maximum atomic E-state index is 14.5. The van der Waals surface area contributed by atoms with Gasteiger partial charge in [-0.25, -0.2) is 0 Å². The van der Waals surface area contributed by atoms with Crippen molar-refractivity contribution in [3.8, 4) is 0 Å². The molecule has 0 bridgehead atoms. The minimum atomic E-state index is -1.68. The van der Waals surface area contributed by atoms with Gasteiger partial charge in [0.2, 0.25) is 6.29 Å². The van der Waals surface area contributed by atoms with Crippen LogP contribution in [0.2, 0.25) is 0 Å². The zero-order chi connectivity index (χ0) is 34.3. The highest BCUT2D eigenvalue weighted by Crippen LogP contribution is 2.73. The summed E-state index contributed by atoms with van der Waals surface area (Å²) in [5, 5.41) is 75.0. The highest BCUT2D eigenvalue weighted by molar-refractivity contribution is 5.99. The lowest BCUT2D eigenvalue weighted by molar-refractivity contribution is -0.291. The zero-order valence-electron chi connectivity index (χ0n) is 27.9. The van der Waals surface area contributed by atoms with Crippen LogP contribution in [0.4, 0.5) is 0 Å². The van der Waals surface area contributed by atoms with Gasteiger partial charge in [0, 0.05) is 30.1 Å². The fourth-order valence-electron chi connectivity index (χ4n) is 10.1. The van der Waals surface area contributed by atoms with Crippen LogP contribution >= 0.6 is 0 Å². The number of fused-ring (bicyclic) bond motifs is 5. The molecule has 0 spiro atoms. The zero-order valence-corrected chi connectivity index (χ0v) is 27.9. The summed E-state index contributed by atoms with van der Waals surface area (Å²) in [6.45, 7) is 12.4.